The highest BCUT2D eigenvalue weighted by atomic mass is 79.9. The van der Waals surface area contributed by atoms with E-state index in [9.17, 15) is 0 Å². The lowest BCUT2D eigenvalue weighted by molar-refractivity contribution is 0.626. The molecule has 0 aliphatic carbocycles. The predicted octanol–water partition coefficient (Wildman–Crippen LogP) is 5.73. The number of hydrogen-bond acceptors (Lipinski definition) is 4. The molecule has 2 aromatic carbocycles. The maximum absolute atomic E-state index is 4.69. The minimum atomic E-state index is -0.114. The van der Waals surface area contributed by atoms with Crippen molar-refractivity contribution >= 4 is 27.7 Å². The van der Waals surface area contributed by atoms with Crippen LogP contribution in [0.1, 0.15) is 26.3 Å². The fourth-order valence-electron chi connectivity index (χ4n) is 2.53. The fraction of sp³-hybridized carbons (Fsp3) is 0.238. The number of halogens is 1. The van der Waals surface area contributed by atoms with Crippen LogP contribution in [0.25, 0.3) is 11.3 Å². The van der Waals surface area contributed by atoms with Crippen LogP contribution >= 0.6 is 15.9 Å². The van der Waals surface area contributed by atoms with Gasteiger partial charge in [0, 0.05) is 28.2 Å². The van der Waals surface area contributed by atoms with Gasteiger partial charge < -0.3 is 10.6 Å². The maximum atomic E-state index is 4.69. The Bertz CT molecular complexity index is 873. The zero-order chi connectivity index (χ0) is 18.6. The topological polar surface area (TPSA) is 49.8 Å². The van der Waals surface area contributed by atoms with E-state index in [1.54, 1.807) is 0 Å². The van der Waals surface area contributed by atoms with Crippen LogP contribution in [0.15, 0.2) is 65.1 Å². The largest absolute Gasteiger partial charge is 0.366 e. The summed E-state index contributed by atoms with van der Waals surface area (Å²) < 4.78 is 1.07. The molecule has 0 saturated carbocycles. The molecule has 134 valence electrons. The van der Waals surface area contributed by atoms with E-state index in [2.05, 4.69) is 81.6 Å². The zero-order valence-electron chi connectivity index (χ0n) is 15.3. The predicted molar refractivity (Wildman–Crippen MR) is 112 cm³/mol. The van der Waals surface area contributed by atoms with Gasteiger partial charge in [0.1, 0.15) is 5.82 Å². The van der Waals surface area contributed by atoms with E-state index in [1.165, 1.54) is 5.56 Å². The Morgan fingerprint density at radius 1 is 0.923 bits per heavy atom. The van der Waals surface area contributed by atoms with Crippen molar-refractivity contribution < 1.29 is 0 Å². The SMILES string of the molecule is CC(C)(C)Nc1nc(NCc2cccc(Br)c2)cc(-c2ccccc2)n1. The number of benzene rings is 2. The molecule has 0 aliphatic rings. The number of nitrogens with one attached hydrogen (secondary N) is 2. The molecule has 0 atom stereocenters. The molecule has 5 heteroatoms. The van der Waals surface area contributed by atoms with Crippen LogP contribution in [-0.2, 0) is 6.54 Å². The van der Waals surface area contributed by atoms with Gasteiger partial charge in [-0.1, -0.05) is 58.4 Å². The standard InChI is InChI=1S/C21H23BrN4/c1-21(2,3)26-20-24-18(16-9-5-4-6-10-16)13-19(25-20)23-14-15-8-7-11-17(22)12-15/h4-13H,14H2,1-3H3,(H2,23,24,25,26). The molecule has 4 nitrogen and oxygen atoms in total. The molecule has 3 aromatic rings. The third kappa shape index (κ3) is 5.30. The minimum Gasteiger partial charge on any atom is -0.366 e. The first-order valence-corrected chi connectivity index (χ1v) is 9.39. The third-order valence-corrected chi connectivity index (χ3v) is 4.14. The van der Waals surface area contributed by atoms with E-state index in [0.29, 0.717) is 12.5 Å². The summed E-state index contributed by atoms with van der Waals surface area (Å²) in [5, 5.41) is 6.78. The van der Waals surface area contributed by atoms with Crippen molar-refractivity contribution in [2.45, 2.75) is 32.9 Å². The summed E-state index contributed by atoms with van der Waals surface area (Å²) in [5.41, 5.74) is 3.03. The molecule has 1 heterocycles. The van der Waals surface area contributed by atoms with Crippen molar-refractivity contribution in [2.75, 3.05) is 10.6 Å². The first-order chi connectivity index (χ1) is 12.4. The van der Waals surface area contributed by atoms with Gasteiger partial charge in [-0.05, 0) is 38.5 Å². The fourth-order valence-corrected chi connectivity index (χ4v) is 2.97. The van der Waals surface area contributed by atoms with Crippen molar-refractivity contribution in [3.8, 4) is 11.3 Å². The maximum Gasteiger partial charge on any atom is 0.225 e. The quantitative estimate of drug-likeness (QED) is 0.563. The monoisotopic (exact) mass is 410 g/mol. The Balaban J connectivity index is 1.89. The van der Waals surface area contributed by atoms with Gasteiger partial charge >= 0.3 is 0 Å². The average molecular weight is 411 g/mol. The number of hydrogen-bond donors (Lipinski definition) is 2. The summed E-state index contributed by atoms with van der Waals surface area (Å²) in [7, 11) is 0. The highest BCUT2D eigenvalue weighted by molar-refractivity contribution is 9.10. The van der Waals surface area contributed by atoms with Crippen LogP contribution in [0.2, 0.25) is 0 Å². The molecule has 3 rings (SSSR count). The second-order valence-corrected chi connectivity index (χ2v) is 8.10. The minimum absolute atomic E-state index is 0.114. The Labute approximate surface area is 163 Å². The lowest BCUT2D eigenvalue weighted by Crippen LogP contribution is -2.27. The highest BCUT2D eigenvalue weighted by Gasteiger charge is 2.13. The van der Waals surface area contributed by atoms with Crippen LogP contribution in [0.5, 0.6) is 0 Å². The molecule has 1 aromatic heterocycles. The van der Waals surface area contributed by atoms with Crippen molar-refractivity contribution in [1.82, 2.24) is 9.97 Å². The molecule has 0 spiro atoms. The van der Waals surface area contributed by atoms with Gasteiger partial charge in [0.15, 0.2) is 0 Å². The van der Waals surface area contributed by atoms with E-state index in [4.69, 9.17) is 0 Å². The Morgan fingerprint density at radius 3 is 2.38 bits per heavy atom. The number of rotatable bonds is 5. The van der Waals surface area contributed by atoms with E-state index in [0.717, 1.165) is 21.5 Å². The van der Waals surface area contributed by atoms with E-state index >= 15 is 0 Å². The van der Waals surface area contributed by atoms with Crippen LogP contribution < -0.4 is 10.6 Å². The third-order valence-electron chi connectivity index (χ3n) is 3.65. The molecule has 0 saturated heterocycles. The van der Waals surface area contributed by atoms with Crippen LogP contribution in [0, 0.1) is 0 Å². The summed E-state index contributed by atoms with van der Waals surface area (Å²) in [6, 6.07) is 20.4. The summed E-state index contributed by atoms with van der Waals surface area (Å²) in [5.74, 6) is 1.42. The highest BCUT2D eigenvalue weighted by Crippen LogP contribution is 2.23. The molecule has 26 heavy (non-hydrogen) atoms. The van der Waals surface area contributed by atoms with Gasteiger partial charge in [-0.2, -0.15) is 4.98 Å². The van der Waals surface area contributed by atoms with Gasteiger partial charge in [-0.15, -0.1) is 0 Å². The van der Waals surface area contributed by atoms with E-state index < -0.39 is 0 Å². The molecule has 0 bridgehead atoms. The summed E-state index contributed by atoms with van der Waals surface area (Å²) >= 11 is 3.51. The van der Waals surface area contributed by atoms with Crippen LogP contribution in [0.3, 0.4) is 0 Å². The number of anilines is 2. The Kier molecular flexibility index (Phi) is 5.57. The lowest BCUT2D eigenvalue weighted by atomic mass is 10.1. The Hall–Kier alpha value is -2.40. The van der Waals surface area contributed by atoms with Crippen LogP contribution in [0.4, 0.5) is 11.8 Å². The van der Waals surface area contributed by atoms with Crippen LogP contribution in [-0.4, -0.2) is 15.5 Å². The van der Waals surface area contributed by atoms with Gasteiger partial charge in [-0.3, -0.25) is 0 Å². The summed E-state index contributed by atoms with van der Waals surface area (Å²) in [4.78, 5) is 9.33. The Morgan fingerprint density at radius 2 is 1.69 bits per heavy atom. The van der Waals surface area contributed by atoms with Gasteiger partial charge in [-0.25, -0.2) is 4.98 Å². The molecule has 0 amide bonds. The van der Waals surface area contributed by atoms with Crippen molar-refractivity contribution in [2.24, 2.45) is 0 Å². The van der Waals surface area contributed by atoms with Gasteiger partial charge in [0.05, 0.1) is 5.69 Å². The van der Waals surface area contributed by atoms with E-state index in [1.807, 2.05) is 36.4 Å². The summed E-state index contributed by atoms with van der Waals surface area (Å²) in [6.45, 7) is 6.99. The number of nitrogens with zero attached hydrogens (tertiary/aromatic N) is 2. The molecular weight excluding hydrogens is 388 g/mol. The van der Waals surface area contributed by atoms with E-state index in [-0.39, 0.29) is 5.54 Å². The molecule has 0 fully saturated rings. The number of aromatic nitrogens is 2. The smallest absolute Gasteiger partial charge is 0.225 e. The average Bonchev–Trinajstić information content (AvgIpc) is 2.59. The molecule has 2 N–H and O–H groups in total. The molecule has 0 radical (unpaired) electrons. The zero-order valence-corrected chi connectivity index (χ0v) is 16.8. The van der Waals surface area contributed by atoms with Crippen molar-refractivity contribution in [1.29, 1.82) is 0 Å². The van der Waals surface area contributed by atoms with Crippen molar-refractivity contribution in [3.63, 3.8) is 0 Å². The second-order valence-electron chi connectivity index (χ2n) is 7.19. The normalized spacial score (nSPS) is 11.2. The molecule has 0 aliphatic heterocycles. The molecule has 0 unspecified atom stereocenters. The molecular formula is C21H23BrN4. The van der Waals surface area contributed by atoms with Gasteiger partial charge in [0.25, 0.3) is 0 Å². The second kappa shape index (κ2) is 7.87. The van der Waals surface area contributed by atoms with Crippen molar-refractivity contribution in [3.05, 3.63) is 70.7 Å². The lowest BCUT2D eigenvalue weighted by Gasteiger charge is -2.21. The van der Waals surface area contributed by atoms with Gasteiger partial charge in [0.2, 0.25) is 5.95 Å². The first kappa shape index (κ1) is 18.4. The summed E-state index contributed by atoms with van der Waals surface area (Å²) in [6.07, 6.45) is 0. The first-order valence-electron chi connectivity index (χ1n) is 8.60.